The van der Waals surface area contributed by atoms with Crippen LogP contribution in [0.4, 0.5) is 35.9 Å². The van der Waals surface area contributed by atoms with Gasteiger partial charge in [0.05, 0.1) is 17.5 Å². The lowest BCUT2D eigenvalue weighted by atomic mass is 9.88. The average molecular weight is 962 g/mol. The zero-order valence-electron chi connectivity index (χ0n) is 37.2. The van der Waals surface area contributed by atoms with Gasteiger partial charge in [-0.3, -0.25) is 19.1 Å². The maximum atomic E-state index is 14.8. The van der Waals surface area contributed by atoms with Gasteiger partial charge in [-0.25, -0.2) is 23.0 Å². The van der Waals surface area contributed by atoms with Gasteiger partial charge >= 0.3 is 24.6 Å². The second-order valence-electron chi connectivity index (χ2n) is 18.9. The Labute approximate surface area is 376 Å². The molecule has 1 aromatic heterocycles. The number of sulfonamides is 1. The number of carbonyl (C=O) groups excluding carboxylic acids is 5. The van der Waals surface area contributed by atoms with Gasteiger partial charge in [-0.2, -0.15) is 26.3 Å². The first-order valence-corrected chi connectivity index (χ1v) is 22.8. The number of hydrogen-bond donors (Lipinski definition) is 3. The van der Waals surface area contributed by atoms with Crippen molar-refractivity contribution < 1.29 is 77.7 Å². The number of carbonyl (C=O) groups is 5. The number of fused-ring (bicyclic) bond motifs is 3. The van der Waals surface area contributed by atoms with E-state index in [0.717, 1.165) is 11.1 Å². The molecule has 364 valence electrons. The molecule has 1 saturated heterocycles. The van der Waals surface area contributed by atoms with Crippen LogP contribution in [0.2, 0.25) is 0 Å². The zero-order chi connectivity index (χ0) is 49.0. The van der Waals surface area contributed by atoms with E-state index in [4.69, 9.17) is 14.2 Å². The van der Waals surface area contributed by atoms with Crippen LogP contribution in [0.3, 0.4) is 0 Å². The minimum absolute atomic E-state index is 0.0110. The van der Waals surface area contributed by atoms with Crippen LogP contribution in [0, 0.1) is 17.8 Å². The molecule has 66 heavy (non-hydrogen) atoms. The van der Waals surface area contributed by atoms with E-state index in [-0.39, 0.29) is 47.6 Å². The lowest BCUT2D eigenvalue weighted by molar-refractivity contribution is -0.247. The summed E-state index contributed by atoms with van der Waals surface area (Å²) < 4.78 is 130. The van der Waals surface area contributed by atoms with Crippen LogP contribution in [0.15, 0.2) is 42.6 Å². The van der Waals surface area contributed by atoms with E-state index in [1.807, 2.05) is 6.92 Å². The number of benzene rings is 1. The maximum Gasteiger partial charge on any atom is 0.514 e. The van der Waals surface area contributed by atoms with E-state index in [0.29, 0.717) is 53.4 Å². The Kier molecular flexibility index (Phi) is 13.4. The average Bonchev–Trinajstić information content (AvgIpc) is 4.08. The Morgan fingerprint density at radius 3 is 2.17 bits per heavy atom. The molecule has 2 aliphatic heterocycles. The standard InChI is InChI=1S/C43H53F6N5O11S/c1-23-12-8-9-13-25-20-41(25,35(57)53-66(60,61)40(7)16-17-40)52-32(55)29-19-26(22-54(29)34(56)31(24(2)18-23)51-36(58)64-38(3,4)42(44,45)46)62-33-28-15-11-10-14-27(28)30(21-50-33)63-37(59)65-39(5,6)43(47,48)49/h9-11,13-15,21,23-26,29,31H,8,12,16-20,22H2,1-7H3,(H,51,58)(H,52,55)(H,53,57)/b13-9-/t23-,24-,25-,26-,29+,31+,41-/m1/s1. The van der Waals surface area contributed by atoms with Crippen LogP contribution in [-0.2, 0) is 33.9 Å². The normalized spacial score (nSPS) is 27.7. The number of aromatic nitrogens is 1. The fourth-order valence-corrected chi connectivity index (χ4v) is 9.21. The quantitative estimate of drug-likeness (QED) is 0.135. The lowest BCUT2D eigenvalue weighted by Crippen LogP contribution is -2.59. The summed E-state index contributed by atoms with van der Waals surface area (Å²) in [4.78, 5) is 74.4. The fraction of sp³-hybridized carbons (Fsp3) is 0.628. The molecule has 4 aliphatic rings. The molecule has 2 aliphatic carbocycles. The van der Waals surface area contributed by atoms with Crippen molar-refractivity contribution in [2.75, 3.05) is 6.54 Å². The minimum Gasteiger partial charge on any atom is -0.472 e. The Balaban J connectivity index is 1.34. The van der Waals surface area contributed by atoms with Crippen LogP contribution >= 0.6 is 0 Å². The van der Waals surface area contributed by atoms with Crippen molar-refractivity contribution in [1.82, 2.24) is 25.2 Å². The highest BCUT2D eigenvalue weighted by atomic mass is 32.2. The minimum atomic E-state index is -4.99. The van der Waals surface area contributed by atoms with Crippen LogP contribution in [0.5, 0.6) is 11.6 Å². The molecule has 0 radical (unpaired) electrons. The summed E-state index contributed by atoms with van der Waals surface area (Å²) in [5.41, 5.74) is -7.63. The molecule has 6 rings (SSSR count). The Morgan fingerprint density at radius 2 is 1.55 bits per heavy atom. The molecule has 2 aromatic rings. The van der Waals surface area contributed by atoms with Gasteiger partial charge in [-0.05, 0) is 91.0 Å². The number of rotatable bonds is 9. The van der Waals surface area contributed by atoms with Gasteiger partial charge in [0.15, 0.2) is 5.75 Å². The smallest absolute Gasteiger partial charge is 0.472 e. The van der Waals surface area contributed by atoms with Crippen LogP contribution in [-0.4, -0.2) is 107 Å². The van der Waals surface area contributed by atoms with Crippen molar-refractivity contribution in [3.8, 4) is 11.6 Å². The summed E-state index contributed by atoms with van der Waals surface area (Å²) in [5, 5.41) is 5.33. The zero-order valence-corrected chi connectivity index (χ0v) is 38.0. The largest absolute Gasteiger partial charge is 0.514 e. The van der Waals surface area contributed by atoms with Gasteiger partial charge in [0.25, 0.3) is 5.91 Å². The number of hydrogen-bond acceptors (Lipinski definition) is 12. The summed E-state index contributed by atoms with van der Waals surface area (Å²) in [6.07, 6.45) is -8.12. The summed E-state index contributed by atoms with van der Waals surface area (Å²) >= 11 is 0. The molecule has 0 unspecified atom stereocenters. The second kappa shape index (κ2) is 17.7. The first-order valence-electron chi connectivity index (χ1n) is 21.3. The maximum absolute atomic E-state index is 14.8. The van der Waals surface area contributed by atoms with Gasteiger partial charge in [-0.1, -0.05) is 44.2 Å². The van der Waals surface area contributed by atoms with Crippen LogP contribution in [0.25, 0.3) is 10.8 Å². The highest BCUT2D eigenvalue weighted by Crippen LogP contribution is 2.48. The van der Waals surface area contributed by atoms with Crippen molar-refractivity contribution in [3.63, 3.8) is 0 Å². The van der Waals surface area contributed by atoms with Gasteiger partial charge in [0.2, 0.25) is 38.9 Å². The Bertz CT molecular complexity index is 2390. The van der Waals surface area contributed by atoms with Crippen LogP contribution < -0.4 is 24.8 Å². The van der Waals surface area contributed by atoms with Crippen LogP contribution in [0.1, 0.15) is 93.4 Å². The molecular formula is C43H53F6N5O11S. The highest BCUT2D eigenvalue weighted by molar-refractivity contribution is 7.91. The van der Waals surface area contributed by atoms with Crippen molar-refractivity contribution >= 4 is 50.8 Å². The SMILES string of the molecule is C[C@@H]1CC/C=C\[C@@H]2C[C@@]2(C(=O)NS(=O)(=O)C2(C)CC2)NC(=O)[C@@H]2C[C@@H](Oc3ncc(OC(=O)OC(C)(C)C(F)(F)F)c4ccccc34)CN2C(=O)[C@@H](NC(=O)OC(C)(C)C(F)(F)F)[C@H](C)C1. The van der Waals surface area contributed by atoms with Gasteiger partial charge < -0.3 is 34.5 Å². The summed E-state index contributed by atoms with van der Waals surface area (Å²) in [6, 6.07) is 2.95. The number of nitrogens with zero attached hydrogens (tertiary/aromatic N) is 2. The van der Waals surface area contributed by atoms with Crippen molar-refractivity contribution in [2.45, 2.75) is 145 Å². The summed E-state index contributed by atoms with van der Waals surface area (Å²) in [5.74, 6) is -4.76. The van der Waals surface area contributed by atoms with Crippen molar-refractivity contribution in [2.24, 2.45) is 17.8 Å². The fourth-order valence-electron chi connectivity index (χ4n) is 7.89. The predicted molar refractivity (Wildman–Crippen MR) is 222 cm³/mol. The molecule has 3 heterocycles. The van der Waals surface area contributed by atoms with Crippen molar-refractivity contribution in [1.29, 1.82) is 0 Å². The Hall–Kier alpha value is -5.35. The van der Waals surface area contributed by atoms with E-state index in [1.54, 1.807) is 25.1 Å². The predicted octanol–water partition coefficient (Wildman–Crippen LogP) is 6.76. The third-order valence-electron chi connectivity index (χ3n) is 12.8. The molecule has 2 saturated carbocycles. The molecule has 0 bridgehead atoms. The molecule has 3 N–H and O–H groups in total. The highest BCUT2D eigenvalue weighted by Gasteiger charge is 2.63. The van der Waals surface area contributed by atoms with E-state index in [2.05, 4.69) is 25.1 Å². The number of pyridine rings is 1. The molecule has 16 nitrogen and oxygen atoms in total. The number of alkyl halides is 6. The number of nitrogens with one attached hydrogen (secondary N) is 3. The van der Waals surface area contributed by atoms with Crippen molar-refractivity contribution in [3.05, 3.63) is 42.6 Å². The number of alkyl carbamates (subject to hydrolysis) is 1. The first kappa shape index (κ1) is 50.1. The molecule has 23 heteroatoms. The summed E-state index contributed by atoms with van der Waals surface area (Å²) in [6.45, 7) is 7.11. The summed E-state index contributed by atoms with van der Waals surface area (Å²) in [7, 11) is -4.16. The molecule has 7 atom stereocenters. The monoisotopic (exact) mass is 961 g/mol. The van der Waals surface area contributed by atoms with Gasteiger partial charge in [-0.15, -0.1) is 0 Å². The number of halogens is 6. The van der Waals surface area contributed by atoms with E-state index < -0.39 is 110 Å². The lowest BCUT2D eigenvalue weighted by Gasteiger charge is -2.34. The Morgan fingerprint density at radius 1 is 0.924 bits per heavy atom. The molecule has 1 aromatic carbocycles. The number of ether oxygens (including phenoxy) is 4. The molecule has 4 amide bonds. The molecule has 0 spiro atoms. The number of allylic oxidation sites excluding steroid dienone is 1. The third kappa shape index (κ3) is 10.4. The van der Waals surface area contributed by atoms with Gasteiger partial charge in [0, 0.05) is 23.1 Å². The van der Waals surface area contributed by atoms with Gasteiger partial charge in [0.1, 0.15) is 23.7 Å². The van der Waals surface area contributed by atoms with E-state index in [9.17, 15) is 58.7 Å². The van der Waals surface area contributed by atoms with E-state index >= 15 is 0 Å². The second-order valence-corrected chi connectivity index (χ2v) is 21.1. The molecule has 3 fully saturated rings. The topological polar surface area (TPSA) is 209 Å². The number of amides is 4. The van der Waals surface area contributed by atoms with E-state index in [1.165, 1.54) is 25.1 Å². The first-order chi connectivity index (χ1) is 30.4. The third-order valence-corrected chi connectivity index (χ3v) is 14.9. The molecular weight excluding hydrogens is 909 g/mol.